The van der Waals surface area contributed by atoms with E-state index in [0.717, 1.165) is 12.1 Å². The molecule has 0 bridgehead atoms. The zero-order valence-electron chi connectivity index (χ0n) is 11.1. The molecule has 0 amide bonds. The Hall–Kier alpha value is -1.84. The van der Waals surface area contributed by atoms with Crippen LogP contribution in [0.1, 0.15) is 30.9 Å². The molecular weight excluding hydrogens is 268 g/mol. The second kappa shape index (κ2) is 5.27. The van der Waals surface area contributed by atoms with Crippen molar-refractivity contribution in [3.05, 3.63) is 59.4 Å². The third-order valence-electron chi connectivity index (χ3n) is 3.16. The molecule has 0 nitrogen and oxygen atoms in total. The Bertz CT molecular complexity index is 595. The third-order valence-corrected chi connectivity index (χ3v) is 3.16. The molecule has 20 heavy (non-hydrogen) atoms. The van der Waals surface area contributed by atoms with Crippen molar-refractivity contribution in [1.29, 1.82) is 0 Å². The Morgan fingerprint density at radius 2 is 1.50 bits per heavy atom. The normalized spacial score (nSPS) is 11.9. The maximum absolute atomic E-state index is 13.4. The van der Waals surface area contributed by atoms with Crippen molar-refractivity contribution in [2.24, 2.45) is 0 Å². The fourth-order valence-electron chi connectivity index (χ4n) is 2.24. The first kappa shape index (κ1) is 14.6. The molecule has 0 unspecified atom stereocenters. The van der Waals surface area contributed by atoms with Crippen LogP contribution in [0.15, 0.2) is 42.5 Å². The summed E-state index contributed by atoms with van der Waals surface area (Å²) in [4.78, 5) is 0. The Morgan fingerprint density at radius 3 is 2.00 bits per heavy atom. The van der Waals surface area contributed by atoms with E-state index in [1.54, 1.807) is 19.9 Å². The quantitative estimate of drug-likeness (QED) is 0.626. The second-order valence-electron chi connectivity index (χ2n) is 4.93. The molecule has 0 spiro atoms. The summed E-state index contributed by atoms with van der Waals surface area (Å²) in [6, 6.07) is 9.56. The molecule has 0 aliphatic heterocycles. The van der Waals surface area contributed by atoms with Crippen molar-refractivity contribution >= 4 is 0 Å². The predicted molar refractivity (Wildman–Crippen MR) is 70.9 cm³/mol. The van der Waals surface area contributed by atoms with Gasteiger partial charge in [0.2, 0.25) is 0 Å². The first-order valence-electron chi connectivity index (χ1n) is 6.26. The lowest BCUT2D eigenvalue weighted by Gasteiger charge is -2.19. The Morgan fingerprint density at radius 1 is 0.900 bits per heavy atom. The van der Waals surface area contributed by atoms with Crippen molar-refractivity contribution in [3.8, 4) is 11.1 Å². The van der Waals surface area contributed by atoms with Gasteiger partial charge >= 0.3 is 6.18 Å². The van der Waals surface area contributed by atoms with Crippen LogP contribution in [0.25, 0.3) is 11.1 Å². The Kier molecular flexibility index (Phi) is 3.84. The summed E-state index contributed by atoms with van der Waals surface area (Å²) in [5.41, 5.74) is 0.0610. The second-order valence-corrected chi connectivity index (χ2v) is 4.93. The van der Waals surface area contributed by atoms with Crippen molar-refractivity contribution < 1.29 is 17.6 Å². The van der Waals surface area contributed by atoms with Crippen LogP contribution >= 0.6 is 0 Å². The van der Waals surface area contributed by atoms with Crippen molar-refractivity contribution in [1.82, 2.24) is 0 Å². The molecule has 4 heteroatoms. The van der Waals surface area contributed by atoms with Crippen LogP contribution in [-0.2, 0) is 6.18 Å². The standard InChI is InChI=1S/C16H14F4/c1-10(2)13-4-3-5-14(15(13)16(18,19)20)11-6-8-12(17)9-7-11/h3-10H,1-2H3. The average Bonchev–Trinajstić information content (AvgIpc) is 2.37. The predicted octanol–water partition coefficient (Wildman–Crippen LogP) is 5.63. The van der Waals surface area contributed by atoms with Crippen LogP contribution in [0, 0.1) is 5.82 Å². The molecule has 0 aliphatic carbocycles. The van der Waals surface area contributed by atoms with Crippen LogP contribution in [0.3, 0.4) is 0 Å². The lowest BCUT2D eigenvalue weighted by Crippen LogP contribution is -2.12. The summed E-state index contributed by atoms with van der Waals surface area (Å²) in [5, 5.41) is 0. The van der Waals surface area contributed by atoms with Gasteiger partial charge < -0.3 is 0 Å². The fourth-order valence-corrected chi connectivity index (χ4v) is 2.24. The van der Waals surface area contributed by atoms with Crippen LogP contribution in [0.4, 0.5) is 17.6 Å². The lowest BCUT2D eigenvalue weighted by molar-refractivity contribution is -0.137. The van der Waals surface area contributed by atoms with Gasteiger partial charge in [0.25, 0.3) is 0 Å². The highest BCUT2D eigenvalue weighted by molar-refractivity contribution is 5.69. The lowest BCUT2D eigenvalue weighted by atomic mass is 9.90. The van der Waals surface area contributed by atoms with Gasteiger partial charge in [0, 0.05) is 0 Å². The van der Waals surface area contributed by atoms with E-state index in [9.17, 15) is 17.6 Å². The molecule has 2 aromatic rings. The number of alkyl halides is 3. The van der Waals surface area contributed by atoms with E-state index >= 15 is 0 Å². The summed E-state index contributed by atoms with van der Waals surface area (Å²) in [6.45, 7) is 3.44. The summed E-state index contributed by atoms with van der Waals surface area (Å²) >= 11 is 0. The molecule has 106 valence electrons. The van der Waals surface area contributed by atoms with Gasteiger partial charge in [-0.3, -0.25) is 0 Å². The summed E-state index contributed by atoms with van der Waals surface area (Å²) in [7, 11) is 0. The van der Waals surface area contributed by atoms with Gasteiger partial charge in [0.05, 0.1) is 5.56 Å². The van der Waals surface area contributed by atoms with E-state index in [1.165, 1.54) is 24.3 Å². The molecule has 2 rings (SSSR count). The summed E-state index contributed by atoms with van der Waals surface area (Å²) in [5.74, 6) is -0.714. The molecule has 0 saturated carbocycles. The molecule has 0 N–H and O–H groups in total. The highest BCUT2D eigenvalue weighted by Gasteiger charge is 2.36. The maximum atomic E-state index is 13.4. The molecule has 0 aliphatic rings. The van der Waals surface area contributed by atoms with Gasteiger partial charge in [-0.15, -0.1) is 0 Å². The van der Waals surface area contributed by atoms with Gasteiger partial charge in [-0.2, -0.15) is 13.2 Å². The van der Waals surface area contributed by atoms with Crippen molar-refractivity contribution in [3.63, 3.8) is 0 Å². The minimum Gasteiger partial charge on any atom is -0.207 e. The first-order valence-corrected chi connectivity index (χ1v) is 6.26. The smallest absolute Gasteiger partial charge is 0.207 e. The van der Waals surface area contributed by atoms with E-state index in [0.29, 0.717) is 5.56 Å². The number of hydrogen-bond donors (Lipinski definition) is 0. The van der Waals surface area contributed by atoms with Crippen molar-refractivity contribution in [2.75, 3.05) is 0 Å². The SMILES string of the molecule is CC(C)c1cccc(-c2ccc(F)cc2)c1C(F)(F)F. The maximum Gasteiger partial charge on any atom is 0.417 e. The van der Waals surface area contributed by atoms with E-state index in [2.05, 4.69) is 0 Å². The van der Waals surface area contributed by atoms with Crippen LogP contribution in [-0.4, -0.2) is 0 Å². The number of benzene rings is 2. The van der Waals surface area contributed by atoms with Crippen LogP contribution in [0.2, 0.25) is 0 Å². The molecule has 0 atom stereocenters. The molecular formula is C16H14F4. The molecule has 0 saturated heterocycles. The molecule has 0 radical (unpaired) electrons. The summed E-state index contributed by atoms with van der Waals surface area (Å²) < 4.78 is 53.0. The van der Waals surface area contributed by atoms with Crippen LogP contribution in [0.5, 0.6) is 0 Å². The minimum atomic E-state index is -4.44. The van der Waals surface area contributed by atoms with Gasteiger partial charge in [0.15, 0.2) is 0 Å². The zero-order valence-corrected chi connectivity index (χ0v) is 11.1. The van der Waals surface area contributed by atoms with Gasteiger partial charge in [-0.05, 0) is 34.7 Å². The van der Waals surface area contributed by atoms with Gasteiger partial charge in [-0.25, -0.2) is 4.39 Å². The van der Waals surface area contributed by atoms with E-state index in [4.69, 9.17) is 0 Å². The van der Waals surface area contributed by atoms with E-state index in [-0.39, 0.29) is 17.0 Å². The number of hydrogen-bond acceptors (Lipinski definition) is 0. The average molecular weight is 282 g/mol. The summed E-state index contributed by atoms with van der Waals surface area (Å²) in [6.07, 6.45) is -4.44. The van der Waals surface area contributed by atoms with Gasteiger partial charge in [-0.1, -0.05) is 44.2 Å². The third kappa shape index (κ3) is 2.84. The van der Waals surface area contributed by atoms with E-state index < -0.39 is 17.6 Å². The Labute approximate surface area is 115 Å². The first-order chi connectivity index (χ1) is 9.30. The largest absolute Gasteiger partial charge is 0.417 e. The molecule has 2 aromatic carbocycles. The van der Waals surface area contributed by atoms with Crippen molar-refractivity contribution in [2.45, 2.75) is 25.9 Å². The molecule has 0 aromatic heterocycles. The minimum absolute atomic E-state index is 0.0868. The highest BCUT2D eigenvalue weighted by Crippen LogP contribution is 2.41. The fraction of sp³-hybridized carbons (Fsp3) is 0.250. The number of halogens is 4. The topological polar surface area (TPSA) is 0 Å². The van der Waals surface area contributed by atoms with E-state index in [1.807, 2.05) is 0 Å². The number of rotatable bonds is 2. The Balaban J connectivity index is 2.70. The molecule has 0 heterocycles. The zero-order chi connectivity index (χ0) is 14.9. The van der Waals surface area contributed by atoms with Gasteiger partial charge in [0.1, 0.15) is 5.82 Å². The monoisotopic (exact) mass is 282 g/mol. The van der Waals surface area contributed by atoms with Crippen LogP contribution < -0.4 is 0 Å². The molecule has 0 fully saturated rings. The highest BCUT2D eigenvalue weighted by atomic mass is 19.4.